The highest BCUT2D eigenvalue weighted by Crippen LogP contribution is 2.09. The number of hydrogen-bond acceptors (Lipinski definition) is 5. The molecule has 0 aliphatic carbocycles. The van der Waals surface area contributed by atoms with E-state index in [0.29, 0.717) is 32.3 Å². The molecule has 2 atom stereocenters. The van der Waals surface area contributed by atoms with Crippen LogP contribution in [0.15, 0.2) is 0 Å². The fourth-order valence-corrected chi connectivity index (χ4v) is 1.81. The number of nitrogens with one attached hydrogen (secondary N) is 1. The van der Waals surface area contributed by atoms with Gasteiger partial charge < -0.3 is 25.0 Å². The molecule has 0 aliphatic heterocycles. The highest BCUT2D eigenvalue weighted by molar-refractivity contribution is 4.65. The molecule has 0 saturated heterocycles. The van der Waals surface area contributed by atoms with Crippen molar-refractivity contribution in [3.8, 4) is 0 Å². The van der Waals surface area contributed by atoms with Crippen LogP contribution in [0.4, 0.5) is 0 Å². The molecule has 18 heavy (non-hydrogen) atoms. The van der Waals surface area contributed by atoms with Crippen LogP contribution in [0, 0.1) is 5.92 Å². The molecule has 0 aliphatic rings. The first-order valence-corrected chi connectivity index (χ1v) is 6.80. The minimum absolute atomic E-state index is 0.231. The highest BCUT2D eigenvalue weighted by Gasteiger charge is 2.08. The van der Waals surface area contributed by atoms with Gasteiger partial charge in [0.1, 0.15) is 0 Å². The Morgan fingerprint density at radius 3 is 2.56 bits per heavy atom. The molecule has 0 aromatic carbocycles. The Bertz CT molecular complexity index is 163. The summed E-state index contributed by atoms with van der Waals surface area (Å²) in [5, 5.41) is 21.8. The molecule has 5 nitrogen and oxygen atoms in total. The summed E-state index contributed by atoms with van der Waals surface area (Å²) in [7, 11) is 1.62. The predicted molar refractivity (Wildman–Crippen MR) is 71.7 cm³/mol. The Hall–Kier alpha value is -0.200. The second-order valence-electron chi connectivity index (χ2n) is 4.55. The van der Waals surface area contributed by atoms with Gasteiger partial charge in [0.15, 0.2) is 0 Å². The van der Waals surface area contributed by atoms with Crippen LogP contribution >= 0.6 is 0 Å². The van der Waals surface area contributed by atoms with Crippen LogP contribution < -0.4 is 5.32 Å². The summed E-state index contributed by atoms with van der Waals surface area (Å²) < 4.78 is 10.1. The van der Waals surface area contributed by atoms with Crippen molar-refractivity contribution in [2.45, 2.75) is 32.3 Å². The van der Waals surface area contributed by atoms with Gasteiger partial charge in [-0.1, -0.05) is 13.3 Å². The normalized spacial score (nSPS) is 14.7. The lowest BCUT2D eigenvalue weighted by atomic mass is 10.0. The Kier molecular flexibility index (Phi) is 13.1. The molecule has 0 rings (SSSR count). The van der Waals surface area contributed by atoms with Gasteiger partial charge in [-0.25, -0.2) is 0 Å². The summed E-state index contributed by atoms with van der Waals surface area (Å²) in [6, 6.07) is 0. The van der Waals surface area contributed by atoms with Crippen LogP contribution in [-0.4, -0.2) is 62.9 Å². The largest absolute Gasteiger partial charge is 0.396 e. The molecule has 0 saturated carbocycles. The van der Waals surface area contributed by atoms with Crippen LogP contribution in [-0.2, 0) is 9.47 Å². The van der Waals surface area contributed by atoms with Gasteiger partial charge in [0.2, 0.25) is 0 Å². The third-order valence-corrected chi connectivity index (χ3v) is 2.79. The standard InChI is InChI=1S/C13H29NO4/c1-3-4-12(5-6-15)9-14-10-13(16)11-18-8-7-17-2/h12-16H,3-11H2,1-2H3. The summed E-state index contributed by atoms with van der Waals surface area (Å²) in [6.45, 7) is 5.13. The SMILES string of the molecule is CCCC(CCO)CNCC(O)COCCOC. The highest BCUT2D eigenvalue weighted by atomic mass is 16.5. The van der Waals surface area contributed by atoms with Gasteiger partial charge in [-0.15, -0.1) is 0 Å². The van der Waals surface area contributed by atoms with Gasteiger partial charge in [-0.2, -0.15) is 0 Å². The first-order chi connectivity index (χ1) is 8.74. The van der Waals surface area contributed by atoms with Crippen molar-refractivity contribution in [2.24, 2.45) is 5.92 Å². The Morgan fingerprint density at radius 2 is 1.94 bits per heavy atom. The molecule has 3 N–H and O–H groups in total. The van der Waals surface area contributed by atoms with E-state index in [4.69, 9.17) is 14.6 Å². The molecule has 0 heterocycles. The monoisotopic (exact) mass is 263 g/mol. The topological polar surface area (TPSA) is 71.0 Å². The maximum absolute atomic E-state index is 9.64. The van der Waals surface area contributed by atoms with E-state index in [2.05, 4.69) is 12.2 Å². The summed E-state index contributed by atoms with van der Waals surface area (Å²) in [4.78, 5) is 0. The lowest BCUT2D eigenvalue weighted by molar-refractivity contribution is 0.0134. The number of methoxy groups -OCH3 is 1. The number of rotatable bonds is 13. The summed E-state index contributed by atoms with van der Waals surface area (Å²) >= 11 is 0. The average molecular weight is 263 g/mol. The number of ether oxygens (including phenoxy) is 2. The van der Waals surface area contributed by atoms with Crippen LogP contribution in [0.5, 0.6) is 0 Å². The van der Waals surface area contributed by atoms with Crippen LogP contribution in [0.25, 0.3) is 0 Å². The second-order valence-corrected chi connectivity index (χ2v) is 4.55. The Balaban J connectivity index is 3.48. The van der Waals surface area contributed by atoms with Crippen LogP contribution in [0.1, 0.15) is 26.2 Å². The molecule has 2 unspecified atom stereocenters. The van der Waals surface area contributed by atoms with Crippen molar-refractivity contribution in [1.29, 1.82) is 0 Å². The molecule has 0 bridgehead atoms. The molecular formula is C13H29NO4. The summed E-state index contributed by atoms with van der Waals surface area (Å²) in [5.74, 6) is 0.488. The molecule has 0 radical (unpaired) electrons. The minimum Gasteiger partial charge on any atom is -0.396 e. The average Bonchev–Trinajstić information content (AvgIpc) is 2.35. The van der Waals surface area contributed by atoms with Crippen molar-refractivity contribution < 1.29 is 19.7 Å². The van der Waals surface area contributed by atoms with E-state index in [9.17, 15) is 5.11 Å². The Morgan fingerprint density at radius 1 is 1.17 bits per heavy atom. The molecule has 0 aromatic rings. The van der Waals surface area contributed by atoms with Gasteiger partial charge in [-0.3, -0.25) is 0 Å². The van der Waals surface area contributed by atoms with E-state index in [0.717, 1.165) is 25.8 Å². The number of hydrogen-bond donors (Lipinski definition) is 3. The maximum Gasteiger partial charge on any atom is 0.0897 e. The third kappa shape index (κ3) is 10.9. The molecule has 0 aromatic heterocycles. The summed E-state index contributed by atoms with van der Waals surface area (Å²) in [6.07, 6.45) is 2.56. The maximum atomic E-state index is 9.64. The molecule has 110 valence electrons. The zero-order valence-electron chi connectivity index (χ0n) is 11.7. The van der Waals surface area contributed by atoms with Crippen LogP contribution in [0.2, 0.25) is 0 Å². The van der Waals surface area contributed by atoms with Crippen molar-refractivity contribution in [1.82, 2.24) is 5.32 Å². The number of aliphatic hydroxyl groups excluding tert-OH is 2. The van der Waals surface area contributed by atoms with E-state index in [1.54, 1.807) is 7.11 Å². The second kappa shape index (κ2) is 13.2. The van der Waals surface area contributed by atoms with Crippen LogP contribution in [0.3, 0.4) is 0 Å². The fourth-order valence-electron chi connectivity index (χ4n) is 1.81. The van der Waals surface area contributed by atoms with Crippen molar-refractivity contribution >= 4 is 0 Å². The smallest absolute Gasteiger partial charge is 0.0897 e. The van der Waals surface area contributed by atoms with Gasteiger partial charge in [-0.05, 0) is 25.3 Å². The first kappa shape index (κ1) is 17.8. The van der Waals surface area contributed by atoms with Gasteiger partial charge in [0.25, 0.3) is 0 Å². The lowest BCUT2D eigenvalue weighted by Crippen LogP contribution is -2.34. The zero-order valence-corrected chi connectivity index (χ0v) is 11.7. The zero-order chi connectivity index (χ0) is 13.6. The van der Waals surface area contributed by atoms with Gasteiger partial charge in [0.05, 0.1) is 25.9 Å². The van der Waals surface area contributed by atoms with Gasteiger partial charge in [0, 0.05) is 20.3 Å². The van der Waals surface area contributed by atoms with E-state index in [1.807, 2.05) is 0 Å². The first-order valence-electron chi connectivity index (χ1n) is 6.80. The van der Waals surface area contributed by atoms with E-state index < -0.39 is 6.10 Å². The third-order valence-electron chi connectivity index (χ3n) is 2.79. The van der Waals surface area contributed by atoms with E-state index in [-0.39, 0.29) is 6.61 Å². The molecule has 5 heteroatoms. The van der Waals surface area contributed by atoms with E-state index in [1.165, 1.54) is 0 Å². The van der Waals surface area contributed by atoms with E-state index >= 15 is 0 Å². The van der Waals surface area contributed by atoms with Gasteiger partial charge >= 0.3 is 0 Å². The number of aliphatic hydroxyl groups is 2. The van der Waals surface area contributed by atoms with Crippen molar-refractivity contribution in [2.75, 3.05) is 46.6 Å². The molecular weight excluding hydrogens is 234 g/mol. The molecule has 0 amide bonds. The van der Waals surface area contributed by atoms with Crippen molar-refractivity contribution in [3.05, 3.63) is 0 Å². The molecule has 0 spiro atoms. The quantitative estimate of drug-likeness (QED) is 0.420. The molecule has 0 fully saturated rings. The Labute approximate surface area is 110 Å². The summed E-state index contributed by atoms with van der Waals surface area (Å²) in [5.41, 5.74) is 0. The lowest BCUT2D eigenvalue weighted by Gasteiger charge is -2.17. The van der Waals surface area contributed by atoms with Crippen molar-refractivity contribution in [3.63, 3.8) is 0 Å². The predicted octanol–water partition coefficient (Wildman–Crippen LogP) is 0.399. The fraction of sp³-hybridized carbons (Fsp3) is 1.00. The minimum atomic E-state index is -0.488.